The molecule has 2 amide bonds. The molecule has 1 N–H and O–H groups in total. The van der Waals surface area contributed by atoms with Crippen molar-refractivity contribution in [3.05, 3.63) is 88.2 Å². The molecule has 0 spiro atoms. The lowest BCUT2D eigenvalue weighted by atomic mass is 10.0. The average Bonchev–Trinajstić information content (AvgIpc) is 3.05. The molecular formula is C27H27N3O2S. The molecular weight excluding hydrogens is 430 g/mol. The third-order valence-electron chi connectivity index (χ3n) is 5.98. The molecule has 6 heteroatoms. The second-order valence-electron chi connectivity index (χ2n) is 8.70. The second kappa shape index (κ2) is 8.79. The highest BCUT2D eigenvalue weighted by Gasteiger charge is 2.34. The van der Waals surface area contributed by atoms with E-state index in [2.05, 4.69) is 54.9 Å². The van der Waals surface area contributed by atoms with Gasteiger partial charge >= 0.3 is 0 Å². The molecule has 3 aromatic rings. The standard InChI is InChI=1S/C27H27N3O2S/c1-16(2)20-8-12-23(13-9-20)30-26(32)24(25(31)28-27(30)33)15-21-14-18(4)29(19(21)5)22-10-6-17(3)7-11-22/h6-16H,1-5H3,(H,28,31,33)/b24-15-. The van der Waals surface area contributed by atoms with Crippen molar-refractivity contribution in [1.29, 1.82) is 0 Å². The third-order valence-corrected chi connectivity index (χ3v) is 6.27. The summed E-state index contributed by atoms with van der Waals surface area (Å²) in [5.74, 6) is -0.539. The Bertz CT molecular complexity index is 1280. The van der Waals surface area contributed by atoms with Crippen LogP contribution < -0.4 is 10.2 Å². The van der Waals surface area contributed by atoms with Crippen LogP contribution in [0, 0.1) is 20.8 Å². The van der Waals surface area contributed by atoms with Gasteiger partial charge in [0.1, 0.15) is 5.57 Å². The van der Waals surface area contributed by atoms with Crippen molar-refractivity contribution in [2.45, 2.75) is 40.5 Å². The summed E-state index contributed by atoms with van der Waals surface area (Å²) in [5.41, 5.74) is 6.85. The highest BCUT2D eigenvalue weighted by Crippen LogP contribution is 2.27. The fourth-order valence-electron chi connectivity index (χ4n) is 4.08. The zero-order chi connectivity index (χ0) is 23.9. The highest BCUT2D eigenvalue weighted by molar-refractivity contribution is 7.80. The zero-order valence-electron chi connectivity index (χ0n) is 19.5. The number of benzene rings is 2. The number of aromatic nitrogens is 1. The maximum atomic E-state index is 13.4. The summed E-state index contributed by atoms with van der Waals surface area (Å²) >= 11 is 5.33. The summed E-state index contributed by atoms with van der Waals surface area (Å²) in [6, 6.07) is 17.9. The molecule has 1 aliphatic heterocycles. The van der Waals surface area contributed by atoms with Crippen LogP contribution in [0.25, 0.3) is 11.8 Å². The lowest BCUT2D eigenvalue weighted by Crippen LogP contribution is -2.54. The minimum atomic E-state index is -0.486. The van der Waals surface area contributed by atoms with Gasteiger partial charge in [-0.05, 0) is 86.4 Å². The van der Waals surface area contributed by atoms with E-state index in [1.807, 2.05) is 44.2 Å². The maximum absolute atomic E-state index is 13.4. The van der Waals surface area contributed by atoms with Crippen LogP contribution in [-0.2, 0) is 9.59 Å². The number of aryl methyl sites for hydroxylation is 2. The quantitative estimate of drug-likeness (QED) is 0.326. The van der Waals surface area contributed by atoms with Crippen molar-refractivity contribution in [1.82, 2.24) is 9.88 Å². The van der Waals surface area contributed by atoms with E-state index in [1.54, 1.807) is 6.08 Å². The van der Waals surface area contributed by atoms with Crippen LogP contribution in [-0.4, -0.2) is 21.5 Å². The summed E-state index contributed by atoms with van der Waals surface area (Å²) in [7, 11) is 0. The number of carbonyl (C=O) groups is 2. The Hall–Kier alpha value is -3.51. The van der Waals surface area contributed by atoms with Crippen LogP contribution in [0.15, 0.2) is 60.2 Å². The molecule has 0 unspecified atom stereocenters. The second-order valence-corrected chi connectivity index (χ2v) is 9.09. The van der Waals surface area contributed by atoms with Gasteiger partial charge in [-0.3, -0.25) is 19.8 Å². The van der Waals surface area contributed by atoms with Crippen molar-refractivity contribution in [3.8, 4) is 5.69 Å². The highest BCUT2D eigenvalue weighted by atomic mass is 32.1. The Morgan fingerprint density at radius 3 is 2.12 bits per heavy atom. The summed E-state index contributed by atoms with van der Waals surface area (Å²) in [4.78, 5) is 27.5. The van der Waals surface area contributed by atoms with Crippen LogP contribution in [0.5, 0.6) is 0 Å². The Morgan fingerprint density at radius 1 is 0.909 bits per heavy atom. The van der Waals surface area contributed by atoms with Gasteiger partial charge in [-0.15, -0.1) is 0 Å². The van der Waals surface area contributed by atoms with Crippen LogP contribution in [0.3, 0.4) is 0 Å². The van der Waals surface area contributed by atoms with Crippen LogP contribution in [0.4, 0.5) is 5.69 Å². The fourth-order valence-corrected chi connectivity index (χ4v) is 4.36. The van der Waals surface area contributed by atoms with Crippen molar-refractivity contribution in [2.24, 2.45) is 0 Å². The molecule has 1 aliphatic rings. The van der Waals surface area contributed by atoms with Crippen molar-refractivity contribution >= 4 is 40.9 Å². The third kappa shape index (κ3) is 4.26. The van der Waals surface area contributed by atoms with E-state index in [0.717, 1.165) is 28.2 Å². The van der Waals surface area contributed by atoms with E-state index in [1.165, 1.54) is 10.5 Å². The first-order valence-corrected chi connectivity index (χ1v) is 11.4. The molecule has 0 bridgehead atoms. The van der Waals surface area contributed by atoms with E-state index < -0.39 is 11.8 Å². The average molecular weight is 458 g/mol. The number of hydrogen-bond acceptors (Lipinski definition) is 3. The van der Waals surface area contributed by atoms with Gasteiger partial charge < -0.3 is 4.57 Å². The molecule has 5 nitrogen and oxygen atoms in total. The van der Waals surface area contributed by atoms with E-state index in [0.29, 0.717) is 11.6 Å². The number of amides is 2. The van der Waals surface area contributed by atoms with E-state index in [4.69, 9.17) is 12.2 Å². The normalized spacial score (nSPS) is 15.5. The van der Waals surface area contributed by atoms with Gasteiger partial charge in [-0.25, -0.2) is 0 Å². The largest absolute Gasteiger partial charge is 0.318 e. The number of nitrogens with one attached hydrogen (secondary N) is 1. The first kappa shape index (κ1) is 22.7. The number of anilines is 1. The number of nitrogens with zero attached hydrogens (tertiary/aromatic N) is 2. The Balaban J connectivity index is 1.72. The minimum absolute atomic E-state index is 0.0562. The molecule has 2 heterocycles. The van der Waals surface area contributed by atoms with Crippen LogP contribution in [0.2, 0.25) is 0 Å². The Morgan fingerprint density at radius 2 is 1.52 bits per heavy atom. The summed E-state index contributed by atoms with van der Waals surface area (Å²) in [5, 5.41) is 2.75. The molecule has 168 valence electrons. The zero-order valence-corrected chi connectivity index (χ0v) is 20.3. The molecule has 0 atom stereocenters. The predicted octanol–water partition coefficient (Wildman–Crippen LogP) is 5.36. The van der Waals surface area contributed by atoms with Gasteiger partial charge in [-0.2, -0.15) is 0 Å². The molecule has 1 saturated heterocycles. The molecule has 2 aromatic carbocycles. The maximum Gasteiger partial charge on any atom is 0.270 e. The molecule has 0 saturated carbocycles. The van der Waals surface area contributed by atoms with Gasteiger partial charge in [0.05, 0.1) is 5.69 Å². The first-order valence-electron chi connectivity index (χ1n) is 10.9. The van der Waals surface area contributed by atoms with Gasteiger partial charge in [0.25, 0.3) is 11.8 Å². The van der Waals surface area contributed by atoms with E-state index in [-0.39, 0.29) is 10.7 Å². The lowest BCUT2D eigenvalue weighted by Gasteiger charge is -2.29. The number of rotatable bonds is 4. The van der Waals surface area contributed by atoms with Crippen LogP contribution >= 0.6 is 12.2 Å². The molecule has 0 radical (unpaired) electrons. The topological polar surface area (TPSA) is 54.3 Å². The lowest BCUT2D eigenvalue weighted by molar-refractivity contribution is -0.122. The van der Waals surface area contributed by atoms with Crippen molar-refractivity contribution in [2.75, 3.05) is 4.90 Å². The minimum Gasteiger partial charge on any atom is -0.318 e. The number of carbonyl (C=O) groups excluding carboxylic acids is 2. The van der Waals surface area contributed by atoms with Gasteiger partial charge in [-0.1, -0.05) is 43.7 Å². The Labute approximate surface area is 199 Å². The van der Waals surface area contributed by atoms with E-state index in [9.17, 15) is 9.59 Å². The molecule has 1 aromatic heterocycles. The predicted molar refractivity (Wildman–Crippen MR) is 137 cm³/mol. The smallest absolute Gasteiger partial charge is 0.270 e. The van der Waals surface area contributed by atoms with Gasteiger partial charge in [0.2, 0.25) is 0 Å². The molecule has 1 fully saturated rings. The number of thiocarbonyl (C=S) groups is 1. The monoisotopic (exact) mass is 457 g/mol. The SMILES string of the molecule is Cc1ccc(-n2c(C)cc(/C=C3/C(=O)NC(=S)N(c4ccc(C(C)C)cc4)C3=O)c2C)cc1. The van der Waals surface area contributed by atoms with Gasteiger partial charge in [0.15, 0.2) is 5.11 Å². The summed E-state index contributed by atoms with van der Waals surface area (Å²) < 4.78 is 2.12. The first-order chi connectivity index (χ1) is 15.7. The fraction of sp³-hybridized carbons (Fsp3) is 0.222. The van der Waals surface area contributed by atoms with Crippen molar-refractivity contribution in [3.63, 3.8) is 0 Å². The summed E-state index contributed by atoms with van der Waals surface area (Å²) in [6.45, 7) is 10.3. The van der Waals surface area contributed by atoms with E-state index >= 15 is 0 Å². The van der Waals surface area contributed by atoms with Gasteiger partial charge in [0, 0.05) is 17.1 Å². The molecule has 0 aliphatic carbocycles. The Kier molecular flexibility index (Phi) is 6.04. The number of hydrogen-bond donors (Lipinski definition) is 1. The van der Waals surface area contributed by atoms with Crippen molar-refractivity contribution < 1.29 is 9.59 Å². The summed E-state index contributed by atoms with van der Waals surface area (Å²) in [6.07, 6.45) is 1.65. The van der Waals surface area contributed by atoms with Crippen LogP contribution in [0.1, 0.15) is 47.8 Å². The molecule has 33 heavy (non-hydrogen) atoms. The molecule has 4 rings (SSSR count).